The molecular formula is C18H25BrF2O7S. The Hall–Kier alpha value is -0.810. The van der Waals surface area contributed by atoms with Crippen LogP contribution in [0.3, 0.4) is 0 Å². The average Bonchev–Trinajstić information content (AvgIpc) is 2.50. The van der Waals surface area contributed by atoms with Gasteiger partial charge in [-0.2, -0.15) is 17.2 Å². The van der Waals surface area contributed by atoms with Gasteiger partial charge in [-0.1, -0.05) is 15.9 Å². The Kier molecular flexibility index (Phi) is 5.40. The number of hydrogen-bond donors (Lipinski definition) is 1. The molecule has 4 aliphatic carbocycles. The number of halogens is 3. The molecule has 0 aromatic rings. The molecule has 0 radical (unpaired) electrons. The molecule has 0 spiro atoms. The van der Waals surface area contributed by atoms with E-state index in [1.165, 1.54) is 0 Å². The summed E-state index contributed by atoms with van der Waals surface area (Å²) < 4.78 is 68.1. The van der Waals surface area contributed by atoms with Crippen molar-refractivity contribution in [1.29, 1.82) is 0 Å². The van der Waals surface area contributed by atoms with Crippen molar-refractivity contribution < 1.29 is 40.8 Å². The zero-order valence-corrected chi connectivity index (χ0v) is 18.8. The molecule has 4 fully saturated rings. The first-order valence-electron chi connectivity index (χ1n) is 9.48. The van der Waals surface area contributed by atoms with Crippen LogP contribution in [0, 0.1) is 17.3 Å². The van der Waals surface area contributed by atoms with Gasteiger partial charge in [0.1, 0.15) is 9.93 Å². The van der Waals surface area contributed by atoms with Crippen molar-refractivity contribution >= 4 is 38.0 Å². The number of ether oxygens (including phenoxy) is 2. The number of carbonyl (C=O) groups is 2. The first-order chi connectivity index (χ1) is 13.0. The largest absolute Gasteiger partial charge is 0.458 e. The van der Waals surface area contributed by atoms with E-state index in [1.807, 2.05) is 0 Å². The van der Waals surface area contributed by atoms with Crippen LogP contribution < -0.4 is 0 Å². The number of alkyl halides is 3. The Balaban J connectivity index is 1.83. The number of carbonyl (C=O) groups excluding carboxylic acids is 2. The summed E-state index contributed by atoms with van der Waals surface area (Å²) in [6, 6.07) is 0. The first-order valence-corrected chi connectivity index (χ1v) is 11.7. The molecule has 7 nitrogen and oxygen atoms in total. The molecule has 166 valence electrons. The Morgan fingerprint density at radius 2 is 1.69 bits per heavy atom. The molecule has 3 atom stereocenters. The SMILES string of the molecule is CC(OC(=O)C12CC3CC(CC(OC(=O)C(C)(C)Br)(C3)C1)C2)C(F)(F)S(=O)(=O)O. The van der Waals surface area contributed by atoms with Crippen LogP contribution in [0.5, 0.6) is 0 Å². The molecule has 0 aromatic heterocycles. The highest BCUT2D eigenvalue weighted by Crippen LogP contribution is 2.63. The summed E-state index contributed by atoms with van der Waals surface area (Å²) in [7, 11) is -5.73. The monoisotopic (exact) mass is 502 g/mol. The molecule has 29 heavy (non-hydrogen) atoms. The predicted octanol–water partition coefficient (Wildman–Crippen LogP) is 3.45. The maximum atomic E-state index is 13.8. The summed E-state index contributed by atoms with van der Waals surface area (Å²) in [4.78, 5) is 25.4. The number of esters is 2. The van der Waals surface area contributed by atoms with Crippen molar-refractivity contribution in [2.24, 2.45) is 17.3 Å². The second-order valence-corrected chi connectivity index (χ2v) is 12.8. The van der Waals surface area contributed by atoms with Crippen LogP contribution in [-0.4, -0.2) is 46.2 Å². The molecule has 0 heterocycles. The topological polar surface area (TPSA) is 107 Å². The van der Waals surface area contributed by atoms with E-state index < -0.39 is 48.8 Å². The van der Waals surface area contributed by atoms with Crippen LogP contribution in [0.4, 0.5) is 8.78 Å². The second kappa shape index (κ2) is 6.85. The van der Waals surface area contributed by atoms with Gasteiger partial charge in [-0.05, 0) is 64.7 Å². The van der Waals surface area contributed by atoms with Crippen LogP contribution in [-0.2, 0) is 29.2 Å². The standard InChI is InChI=1S/C18H25BrF2O7S/c1-10(18(20,21)29(24,25)26)27-14(23)16-5-11-4-12(6-16)8-17(7-11,9-16)28-13(22)15(2,3)19/h10-12H,4-9H2,1-3H3,(H,24,25,26). The van der Waals surface area contributed by atoms with Crippen molar-refractivity contribution in [1.82, 2.24) is 0 Å². The van der Waals surface area contributed by atoms with E-state index in [0.29, 0.717) is 25.7 Å². The van der Waals surface area contributed by atoms with Crippen LogP contribution in [0.2, 0.25) is 0 Å². The molecule has 0 amide bonds. The summed E-state index contributed by atoms with van der Waals surface area (Å²) in [6.45, 7) is 4.03. The summed E-state index contributed by atoms with van der Waals surface area (Å²) in [5.41, 5.74) is -1.97. The summed E-state index contributed by atoms with van der Waals surface area (Å²) in [5, 5.41) is -4.62. The first kappa shape index (κ1) is 22.9. The lowest BCUT2D eigenvalue weighted by Gasteiger charge is -2.60. The van der Waals surface area contributed by atoms with Crippen molar-refractivity contribution in [3.8, 4) is 0 Å². The molecule has 0 aromatic carbocycles. The van der Waals surface area contributed by atoms with Crippen LogP contribution >= 0.6 is 15.9 Å². The minimum atomic E-state index is -5.73. The van der Waals surface area contributed by atoms with Crippen molar-refractivity contribution in [3.63, 3.8) is 0 Å². The van der Waals surface area contributed by atoms with Gasteiger partial charge in [0.2, 0.25) is 0 Å². The Bertz CT molecular complexity index is 807. The summed E-state index contributed by atoms with van der Waals surface area (Å²) >= 11 is 3.27. The van der Waals surface area contributed by atoms with Crippen molar-refractivity contribution in [2.45, 2.75) is 80.6 Å². The lowest BCUT2D eigenvalue weighted by molar-refractivity contribution is -0.218. The molecule has 4 bridgehead atoms. The fraction of sp³-hybridized carbons (Fsp3) is 0.889. The van der Waals surface area contributed by atoms with E-state index in [4.69, 9.17) is 14.0 Å². The van der Waals surface area contributed by atoms with E-state index in [1.54, 1.807) is 13.8 Å². The summed E-state index contributed by atoms with van der Waals surface area (Å²) in [5.74, 6) is -1.21. The second-order valence-electron chi connectivity index (χ2n) is 9.37. The zero-order valence-electron chi connectivity index (χ0n) is 16.4. The van der Waals surface area contributed by atoms with Gasteiger partial charge in [0, 0.05) is 6.42 Å². The van der Waals surface area contributed by atoms with Gasteiger partial charge in [0.15, 0.2) is 6.10 Å². The predicted molar refractivity (Wildman–Crippen MR) is 101 cm³/mol. The lowest BCUT2D eigenvalue weighted by atomic mass is 9.48. The number of hydrogen-bond acceptors (Lipinski definition) is 6. The van der Waals surface area contributed by atoms with Gasteiger partial charge in [-0.3, -0.25) is 14.1 Å². The van der Waals surface area contributed by atoms with E-state index in [9.17, 15) is 26.8 Å². The fourth-order valence-corrected chi connectivity index (χ4v) is 5.97. The Labute approximate surface area is 176 Å². The third-order valence-corrected chi connectivity index (χ3v) is 7.68. The highest BCUT2D eigenvalue weighted by Gasteiger charge is 2.64. The van der Waals surface area contributed by atoms with E-state index >= 15 is 0 Å². The fourth-order valence-electron chi connectivity index (χ4n) is 5.42. The smallest absolute Gasteiger partial charge is 0.405 e. The normalized spacial score (nSPS) is 35.3. The summed E-state index contributed by atoms with van der Waals surface area (Å²) in [6.07, 6.45) is 0.715. The van der Waals surface area contributed by atoms with E-state index in [-0.39, 0.29) is 18.3 Å². The van der Waals surface area contributed by atoms with Gasteiger partial charge in [-0.15, -0.1) is 0 Å². The Morgan fingerprint density at radius 1 is 1.17 bits per heavy atom. The molecule has 4 saturated carbocycles. The van der Waals surface area contributed by atoms with E-state index in [2.05, 4.69) is 15.9 Å². The molecule has 11 heteroatoms. The molecule has 4 aliphatic rings. The van der Waals surface area contributed by atoms with Crippen LogP contribution in [0.15, 0.2) is 0 Å². The highest BCUT2D eigenvalue weighted by molar-refractivity contribution is 9.10. The third kappa shape index (κ3) is 4.06. The highest BCUT2D eigenvalue weighted by atomic mass is 79.9. The van der Waals surface area contributed by atoms with Gasteiger partial charge in [0.25, 0.3) is 0 Å². The van der Waals surface area contributed by atoms with E-state index in [0.717, 1.165) is 13.3 Å². The van der Waals surface area contributed by atoms with Crippen LogP contribution in [0.25, 0.3) is 0 Å². The third-order valence-electron chi connectivity index (χ3n) is 6.34. The molecular weight excluding hydrogens is 478 g/mol. The van der Waals surface area contributed by atoms with Gasteiger partial charge < -0.3 is 9.47 Å². The quantitative estimate of drug-likeness (QED) is 0.336. The maximum Gasteiger partial charge on any atom is 0.405 e. The minimum absolute atomic E-state index is 0.0902. The van der Waals surface area contributed by atoms with Gasteiger partial charge in [-0.25, -0.2) is 0 Å². The minimum Gasteiger partial charge on any atom is -0.458 e. The van der Waals surface area contributed by atoms with Crippen LogP contribution in [0.1, 0.15) is 59.3 Å². The number of rotatable bonds is 6. The van der Waals surface area contributed by atoms with Crippen molar-refractivity contribution in [2.75, 3.05) is 0 Å². The zero-order chi connectivity index (χ0) is 22.0. The molecule has 0 aliphatic heterocycles. The van der Waals surface area contributed by atoms with Crippen molar-refractivity contribution in [3.05, 3.63) is 0 Å². The molecule has 3 unspecified atom stereocenters. The van der Waals surface area contributed by atoms with Gasteiger partial charge in [0.05, 0.1) is 5.41 Å². The Morgan fingerprint density at radius 3 is 2.14 bits per heavy atom. The molecule has 1 N–H and O–H groups in total. The maximum absolute atomic E-state index is 13.8. The average molecular weight is 503 g/mol. The lowest BCUT2D eigenvalue weighted by Crippen LogP contribution is -2.61. The van der Waals surface area contributed by atoms with Gasteiger partial charge >= 0.3 is 27.3 Å². The molecule has 0 saturated heterocycles. The molecule has 4 rings (SSSR count).